The molecule has 0 saturated heterocycles. The molecule has 130 valence electrons. The van der Waals surface area contributed by atoms with Gasteiger partial charge in [0.25, 0.3) is 0 Å². The summed E-state index contributed by atoms with van der Waals surface area (Å²) in [5.41, 5.74) is 1.27. The lowest BCUT2D eigenvalue weighted by Gasteiger charge is -2.07. The summed E-state index contributed by atoms with van der Waals surface area (Å²) in [7, 11) is 3.09. The maximum atomic E-state index is 12.3. The van der Waals surface area contributed by atoms with E-state index in [1.807, 2.05) is 0 Å². The highest BCUT2D eigenvalue weighted by molar-refractivity contribution is 6.09. The van der Waals surface area contributed by atoms with Crippen LogP contribution >= 0.6 is 0 Å². The van der Waals surface area contributed by atoms with E-state index in [1.165, 1.54) is 24.3 Å². The fourth-order valence-electron chi connectivity index (χ4n) is 2.33. The van der Waals surface area contributed by atoms with Crippen molar-refractivity contribution in [3.8, 4) is 17.2 Å². The highest BCUT2D eigenvalue weighted by Gasteiger charge is 2.12. The van der Waals surface area contributed by atoms with Crippen molar-refractivity contribution in [2.24, 2.45) is 0 Å². The van der Waals surface area contributed by atoms with Gasteiger partial charge in [-0.2, -0.15) is 0 Å². The van der Waals surface area contributed by atoms with Crippen molar-refractivity contribution in [3.05, 3.63) is 59.2 Å². The largest absolute Gasteiger partial charge is 0.507 e. The van der Waals surface area contributed by atoms with Crippen LogP contribution in [0.25, 0.3) is 6.08 Å². The fraction of sp³-hybridized carbons (Fsp3) is 0.200. The number of phenolic OH excluding ortho intramolecular Hbond substituents is 1. The highest BCUT2D eigenvalue weighted by atomic mass is 16.5. The number of allylic oxidation sites excluding steroid dienone is 1. The number of carbonyl (C=O) groups is 2. The van der Waals surface area contributed by atoms with Gasteiger partial charge in [0, 0.05) is 12.0 Å². The van der Waals surface area contributed by atoms with E-state index < -0.39 is 0 Å². The Kier molecular flexibility index (Phi) is 5.95. The third kappa shape index (κ3) is 4.26. The number of phenols is 1. The van der Waals surface area contributed by atoms with Crippen LogP contribution in [0.5, 0.6) is 17.2 Å². The van der Waals surface area contributed by atoms with Crippen molar-refractivity contribution >= 4 is 17.6 Å². The minimum atomic E-state index is -0.264. The second-order valence-electron chi connectivity index (χ2n) is 5.32. The summed E-state index contributed by atoms with van der Waals surface area (Å²) in [6, 6.07) is 9.58. The van der Waals surface area contributed by atoms with Gasteiger partial charge in [0.2, 0.25) is 0 Å². The average molecular weight is 340 g/mol. The SMILES string of the molecule is CCC(=O)c1cc(C(=O)C=Cc2ccc(OC)c(OC)c2)ccc1O. The van der Waals surface area contributed by atoms with Crippen LogP contribution in [-0.2, 0) is 0 Å². The van der Waals surface area contributed by atoms with E-state index in [4.69, 9.17) is 9.47 Å². The number of aromatic hydroxyl groups is 1. The Bertz CT molecular complexity index is 821. The molecular formula is C20H20O5. The van der Waals surface area contributed by atoms with Crippen LogP contribution in [0.15, 0.2) is 42.5 Å². The number of hydrogen-bond acceptors (Lipinski definition) is 5. The molecule has 0 radical (unpaired) electrons. The van der Waals surface area contributed by atoms with E-state index in [-0.39, 0.29) is 29.3 Å². The summed E-state index contributed by atoms with van der Waals surface area (Å²) in [4.78, 5) is 24.1. The molecule has 0 unspecified atom stereocenters. The van der Waals surface area contributed by atoms with Crippen molar-refractivity contribution < 1.29 is 24.2 Å². The third-order valence-electron chi connectivity index (χ3n) is 3.74. The molecule has 0 heterocycles. The minimum absolute atomic E-state index is 0.118. The highest BCUT2D eigenvalue weighted by Crippen LogP contribution is 2.28. The number of rotatable bonds is 7. The first kappa shape index (κ1) is 18.3. The average Bonchev–Trinajstić information content (AvgIpc) is 2.65. The van der Waals surface area contributed by atoms with Gasteiger partial charge in [-0.05, 0) is 42.0 Å². The molecule has 0 aliphatic carbocycles. The smallest absolute Gasteiger partial charge is 0.185 e. The van der Waals surface area contributed by atoms with Crippen LogP contribution in [-0.4, -0.2) is 30.9 Å². The summed E-state index contributed by atoms with van der Waals surface area (Å²) in [5.74, 6) is 0.577. The van der Waals surface area contributed by atoms with Crippen LogP contribution in [0.4, 0.5) is 0 Å². The zero-order chi connectivity index (χ0) is 18.4. The van der Waals surface area contributed by atoms with Crippen molar-refractivity contribution in [1.82, 2.24) is 0 Å². The second kappa shape index (κ2) is 8.15. The summed E-state index contributed by atoms with van der Waals surface area (Å²) >= 11 is 0. The Balaban J connectivity index is 2.25. The van der Waals surface area contributed by atoms with E-state index >= 15 is 0 Å². The molecule has 2 aromatic rings. The standard InChI is InChI=1S/C20H20O5/c1-4-16(21)15-12-14(7-9-18(15)23)17(22)8-5-13-6-10-19(24-2)20(11-13)25-3/h5-12,23H,4H2,1-3H3. The van der Waals surface area contributed by atoms with Gasteiger partial charge >= 0.3 is 0 Å². The van der Waals surface area contributed by atoms with Crippen molar-refractivity contribution in [3.63, 3.8) is 0 Å². The third-order valence-corrected chi connectivity index (χ3v) is 3.74. The second-order valence-corrected chi connectivity index (χ2v) is 5.32. The lowest BCUT2D eigenvalue weighted by atomic mass is 10.0. The molecule has 25 heavy (non-hydrogen) atoms. The normalized spacial score (nSPS) is 10.7. The van der Waals surface area contributed by atoms with E-state index in [1.54, 1.807) is 45.4 Å². The Hall–Kier alpha value is -3.08. The molecule has 2 rings (SSSR count). The van der Waals surface area contributed by atoms with E-state index in [0.29, 0.717) is 17.1 Å². The minimum Gasteiger partial charge on any atom is -0.507 e. The van der Waals surface area contributed by atoms with E-state index in [9.17, 15) is 14.7 Å². The number of methoxy groups -OCH3 is 2. The van der Waals surface area contributed by atoms with Gasteiger partial charge in [-0.1, -0.05) is 19.1 Å². The number of ketones is 2. The molecule has 5 nitrogen and oxygen atoms in total. The molecule has 0 saturated carbocycles. The predicted octanol–water partition coefficient (Wildman–Crippen LogP) is 3.90. The van der Waals surface area contributed by atoms with Crippen LogP contribution < -0.4 is 9.47 Å². The van der Waals surface area contributed by atoms with Crippen LogP contribution in [0, 0.1) is 0 Å². The predicted molar refractivity (Wildman–Crippen MR) is 95.6 cm³/mol. The molecule has 0 fully saturated rings. The molecule has 0 amide bonds. The monoisotopic (exact) mass is 340 g/mol. The van der Waals surface area contributed by atoms with Crippen LogP contribution in [0.3, 0.4) is 0 Å². The van der Waals surface area contributed by atoms with Gasteiger partial charge < -0.3 is 14.6 Å². The summed E-state index contributed by atoms with van der Waals surface area (Å²) in [6.07, 6.45) is 3.32. The molecule has 5 heteroatoms. The van der Waals surface area contributed by atoms with Crippen molar-refractivity contribution in [2.75, 3.05) is 14.2 Å². The Labute approximate surface area is 146 Å². The van der Waals surface area contributed by atoms with E-state index in [2.05, 4.69) is 0 Å². The Morgan fingerprint density at radius 1 is 1.04 bits per heavy atom. The molecular weight excluding hydrogens is 320 g/mol. The molecule has 1 N–H and O–H groups in total. The van der Waals surface area contributed by atoms with Gasteiger partial charge in [-0.3, -0.25) is 9.59 Å². The van der Waals surface area contributed by atoms with Gasteiger partial charge in [0.15, 0.2) is 23.1 Å². The zero-order valence-electron chi connectivity index (χ0n) is 14.4. The summed E-state index contributed by atoms with van der Waals surface area (Å²) in [5, 5.41) is 9.76. The zero-order valence-corrected chi connectivity index (χ0v) is 14.4. The first-order valence-electron chi connectivity index (χ1n) is 7.80. The number of benzene rings is 2. The first-order valence-corrected chi connectivity index (χ1v) is 7.80. The topological polar surface area (TPSA) is 72.8 Å². The molecule has 0 bridgehead atoms. The van der Waals surface area contributed by atoms with E-state index in [0.717, 1.165) is 5.56 Å². The van der Waals surface area contributed by atoms with Gasteiger partial charge in [-0.15, -0.1) is 0 Å². The van der Waals surface area contributed by atoms with Crippen molar-refractivity contribution in [1.29, 1.82) is 0 Å². The lowest BCUT2D eigenvalue weighted by molar-refractivity contribution is 0.0985. The number of hydrogen-bond donors (Lipinski definition) is 1. The van der Waals surface area contributed by atoms with Gasteiger partial charge in [0.1, 0.15) is 5.75 Å². The number of ether oxygens (including phenoxy) is 2. The quantitative estimate of drug-likeness (QED) is 0.611. The molecule has 0 atom stereocenters. The number of Topliss-reactive ketones (excluding diaryl/α,β-unsaturated/α-hetero) is 1. The number of carbonyl (C=O) groups excluding carboxylic acids is 2. The molecule has 0 aliphatic rings. The lowest BCUT2D eigenvalue weighted by Crippen LogP contribution is -2.01. The van der Waals surface area contributed by atoms with Crippen LogP contribution in [0.1, 0.15) is 39.6 Å². The fourth-order valence-corrected chi connectivity index (χ4v) is 2.33. The van der Waals surface area contributed by atoms with Gasteiger partial charge in [-0.25, -0.2) is 0 Å². The molecule has 2 aromatic carbocycles. The van der Waals surface area contributed by atoms with Crippen LogP contribution in [0.2, 0.25) is 0 Å². The maximum Gasteiger partial charge on any atom is 0.185 e. The van der Waals surface area contributed by atoms with Gasteiger partial charge in [0.05, 0.1) is 19.8 Å². The molecule has 0 aromatic heterocycles. The summed E-state index contributed by atoms with van der Waals surface area (Å²) < 4.78 is 10.4. The Morgan fingerprint density at radius 2 is 1.76 bits per heavy atom. The van der Waals surface area contributed by atoms with Crippen molar-refractivity contribution in [2.45, 2.75) is 13.3 Å². The maximum absolute atomic E-state index is 12.3. The molecule has 0 spiro atoms. The Morgan fingerprint density at radius 3 is 2.40 bits per heavy atom. The first-order chi connectivity index (χ1) is 12.0. The molecule has 0 aliphatic heterocycles. The summed E-state index contributed by atoms with van der Waals surface area (Å²) in [6.45, 7) is 1.70.